The highest BCUT2D eigenvalue weighted by atomic mass is 16.2. The molecular weight excluding hydrogens is 380 g/mol. The number of anilines is 2. The smallest absolute Gasteiger partial charge is 0.256 e. The zero-order valence-electron chi connectivity index (χ0n) is 18.5. The van der Waals surface area contributed by atoms with Gasteiger partial charge in [-0.05, 0) is 38.1 Å². The number of aryl methyl sites for hydroxylation is 1. The minimum Gasteiger partial charge on any atom is -0.378 e. The van der Waals surface area contributed by atoms with Crippen molar-refractivity contribution < 1.29 is 4.79 Å². The van der Waals surface area contributed by atoms with Gasteiger partial charge in [0.15, 0.2) is 0 Å². The number of amides is 1. The van der Waals surface area contributed by atoms with Crippen molar-refractivity contribution >= 4 is 17.4 Å². The van der Waals surface area contributed by atoms with Gasteiger partial charge < -0.3 is 10.2 Å². The van der Waals surface area contributed by atoms with E-state index in [1.165, 1.54) is 4.68 Å². The molecule has 1 amide bonds. The van der Waals surface area contributed by atoms with Crippen LogP contribution >= 0.6 is 0 Å². The first kappa shape index (κ1) is 21.3. The van der Waals surface area contributed by atoms with Gasteiger partial charge in [0.2, 0.25) is 5.95 Å². The number of aromatic nitrogens is 4. The fourth-order valence-corrected chi connectivity index (χ4v) is 2.83. The second-order valence-electron chi connectivity index (χ2n) is 8.57. The van der Waals surface area contributed by atoms with Gasteiger partial charge in [0.05, 0.1) is 5.69 Å². The summed E-state index contributed by atoms with van der Waals surface area (Å²) in [5.41, 5.74) is 2.96. The normalized spacial score (nSPS) is 11.4. The first-order chi connectivity index (χ1) is 14.0. The molecule has 0 atom stereocenters. The van der Waals surface area contributed by atoms with E-state index in [-0.39, 0.29) is 22.8 Å². The van der Waals surface area contributed by atoms with Crippen molar-refractivity contribution in [2.75, 3.05) is 24.3 Å². The molecule has 0 bridgehead atoms. The molecule has 2 N–H and O–H groups in total. The predicted molar refractivity (Wildman–Crippen MR) is 119 cm³/mol. The third-order valence-electron chi connectivity index (χ3n) is 4.95. The van der Waals surface area contributed by atoms with E-state index >= 15 is 0 Å². The summed E-state index contributed by atoms with van der Waals surface area (Å²) in [4.78, 5) is 34.3. The van der Waals surface area contributed by atoms with Crippen molar-refractivity contribution in [2.45, 2.75) is 40.0 Å². The van der Waals surface area contributed by atoms with Gasteiger partial charge in [0.25, 0.3) is 11.5 Å². The average Bonchev–Trinajstić information content (AvgIpc) is 3.10. The van der Waals surface area contributed by atoms with E-state index in [4.69, 9.17) is 0 Å². The van der Waals surface area contributed by atoms with Gasteiger partial charge in [-0.3, -0.25) is 14.6 Å². The Hall–Kier alpha value is -3.42. The molecule has 30 heavy (non-hydrogen) atoms. The summed E-state index contributed by atoms with van der Waals surface area (Å²) in [5, 5.41) is 7.52. The SMILES string of the molecule is Cc1nc(-n2nc(C(C)(C)C)cc2NC(=O)c2ccc(N(C)C)cc2)[nH]c(=O)c1C. The Balaban J connectivity index is 2.02. The molecule has 158 valence electrons. The highest BCUT2D eigenvalue weighted by molar-refractivity contribution is 6.04. The monoisotopic (exact) mass is 408 g/mol. The van der Waals surface area contributed by atoms with Gasteiger partial charge in [-0.15, -0.1) is 0 Å². The zero-order chi connectivity index (χ0) is 22.2. The van der Waals surface area contributed by atoms with Crippen molar-refractivity contribution in [3.05, 3.63) is 63.2 Å². The van der Waals surface area contributed by atoms with Crippen LogP contribution in [0.4, 0.5) is 11.5 Å². The maximum atomic E-state index is 12.9. The van der Waals surface area contributed by atoms with E-state index in [0.717, 1.165) is 11.4 Å². The van der Waals surface area contributed by atoms with Crippen LogP contribution in [0.15, 0.2) is 35.1 Å². The molecule has 0 spiro atoms. The van der Waals surface area contributed by atoms with E-state index in [1.54, 1.807) is 32.0 Å². The van der Waals surface area contributed by atoms with Gasteiger partial charge >= 0.3 is 0 Å². The largest absolute Gasteiger partial charge is 0.378 e. The maximum absolute atomic E-state index is 12.9. The summed E-state index contributed by atoms with van der Waals surface area (Å²) in [6.45, 7) is 9.58. The van der Waals surface area contributed by atoms with Crippen LogP contribution in [-0.4, -0.2) is 39.8 Å². The van der Waals surface area contributed by atoms with Crippen molar-refractivity contribution in [3.63, 3.8) is 0 Å². The number of H-pyrrole nitrogens is 1. The van der Waals surface area contributed by atoms with Crippen molar-refractivity contribution in [1.29, 1.82) is 0 Å². The van der Waals surface area contributed by atoms with Crippen LogP contribution in [0.2, 0.25) is 0 Å². The molecule has 2 aromatic heterocycles. The molecule has 0 saturated heterocycles. The molecule has 8 nitrogen and oxygen atoms in total. The van der Waals surface area contributed by atoms with E-state index < -0.39 is 0 Å². The molecule has 0 aliphatic rings. The number of rotatable bonds is 4. The lowest BCUT2D eigenvalue weighted by Crippen LogP contribution is -2.21. The summed E-state index contributed by atoms with van der Waals surface area (Å²) < 4.78 is 1.47. The molecule has 3 rings (SSSR count). The summed E-state index contributed by atoms with van der Waals surface area (Å²) in [6.07, 6.45) is 0. The highest BCUT2D eigenvalue weighted by Crippen LogP contribution is 2.26. The van der Waals surface area contributed by atoms with Crippen LogP contribution in [0.3, 0.4) is 0 Å². The first-order valence-corrected chi connectivity index (χ1v) is 9.74. The molecule has 3 aromatic rings. The maximum Gasteiger partial charge on any atom is 0.256 e. The molecule has 8 heteroatoms. The Morgan fingerprint density at radius 1 is 1.13 bits per heavy atom. The van der Waals surface area contributed by atoms with Gasteiger partial charge in [-0.1, -0.05) is 20.8 Å². The molecule has 0 aliphatic carbocycles. The summed E-state index contributed by atoms with van der Waals surface area (Å²) in [6, 6.07) is 9.12. The number of aromatic amines is 1. The number of hydrogen-bond acceptors (Lipinski definition) is 5. The van der Waals surface area contributed by atoms with Crippen LogP contribution in [0.5, 0.6) is 0 Å². The van der Waals surface area contributed by atoms with Crippen molar-refractivity contribution in [2.24, 2.45) is 0 Å². The molecule has 0 aliphatic heterocycles. The summed E-state index contributed by atoms with van der Waals surface area (Å²) in [7, 11) is 3.89. The predicted octanol–water partition coefficient (Wildman–Crippen LogP) is 3.19. The lowest BCUT2D eigenvalue weighted by molar-refractivity contribution is 0.102. The third-order valence-corrected chi connectivity index (χ3v) is 4.95. The number of nitrogens with zero attached hydrogens (tertiary/aromatic N) is 4. The van der Waals surface area contributed by atoms with Crippen molar-refractivity contribution in [3.8, 4) is 5.95 Å². The fraction of sp³-hybridized carbons (Fsp3) is 0.364. The lowest BCUT2D eigenvalue weighted by atomic mass is 9.92. The van der Waals surface area contributed by atoms with Crippen LogP contribution in [0, 0.1) is 13.8 Å². The Morgan fingerprint density at radius 3 is 2.30 bits per heavy atom. The van der Waals surface area contributed by atoms with Crippen LogP contribution < -0.4 is 15.8 Å². The van der Waals surface area contributed by atoms with Crippen LogP contribution in [-0.2, 0) is 5.41 Å². The molecule has 2 heterocycles. The zero-order valence-corrected chi connectivity index (χ0v) is 18.5. The van der Waals surface area contributed by atoms with E-state index in [0.29, 0.717) is 22.6 Å². The first-order valence-electron chi connectivity index (χ1n) is 9.74. The summed E-state index contributed by atoms with van der Waals surface area (Å²) >= 11 is 0. The third kappa shape index (κ3) is 4.27. The van der Waals surface area contributed by atoms with Gasteiger partial charge in [0.1, 0.15) is 5.82 Å². The fourth-order valence-electron chi connectivity index (χ4n) is 2.83. The number of carbonyl (C=O) groups excluding carboxylic acids is 1. The van der Waals surface area contributed by atoms with Gasteiger partial charge in [-0.25, -0.2) is 4.98 Å². The highest BCUT2D eigenvalue weighted by Gasteiger charge is 2.23. The molecule has 0 unspecified atom stereocenters. The Bertz CT molecular complexity index is 1130. The number of carbonyl (C=O) groups is 1. The van der Waals surface area contributed by atoms with Crippen LogP contribution in [0.1, 0.15) is 48.1 Å². The van der Waals surface area contributed by atoms with E-state index in [2.05, 4.69) is 20.4 Å². The lowest BCUT2D eigenvalue weighted by Gasteiger charge is -2.14. The second kappa shape index (κ2) is 7.78. The quantitative estimate of drug-likeness (QED) is 0.691. The van der Waals surface area contributed by atoms with Crippen molar-refractivity contribution in [1.82, 2.24) is 19.7 Å². The second-order valence-corrected chi connectivity index (χ2v) is 8.57. The van der Waals surface area contributed by atoms with E-state index in [1.807, 2.05) is 51.9 Å². The minimum absolute atomic E-state index is 0.234. The molecule has 0 radical (unpaired) electrons. The Morgan fingerprint density at radius 2 is 1.77 bits per heavy atom. The number of benzene rings is 1. The topological polar surface area (TPSA) is 95.9 Å². The Labute approximate surface area is 176 Å². The molecular formula is C22H28N6O2. The summed E-state index contributed by atoms with van der Waals surface area (Å²) in [5.74, 6) is 0.429. The average molecular weight is 409 g/mol. The Kier molecular flexibility index (Phi) is 5.52. The number of nitrogens with one attached hydrogen (secondary N) is 2. The minimum atomic E-state index is -0.270. The van der Waals surface area contributed by atoms with Crippen LogP contribution in [0.25, 0.3) is 5.95 Å². The van der Waals surface area contributed by atoms with Gasteiger partial charge in [0, 0.05) is 48.1 Å². The number of hydrogen-bond donors (Lipinski definition) is 2. The molecule has 0 saturated carbocycles. The molecule has 1 aromatic carbocycles. The van der Waals surface area contributed by atoms with E-state index in [9.17, 15) is 9.59 Å². The van der Waals surface area contributed by atoms with Gasteiger partial charge in [-0.2, -0.15) is 9.78 Å². The standard InChI is InChI=1S/C22H28N6O2/c1-13-14(2)23-21(25-19(13)29)28-18(12-17(26-28)22(3,4)5)24-20(30)15-8-10-16(11-9-15)27(6)7/h8-12H,1-7H3,(H,24,30)(H,23,25,29). The molecule has 0 fully saturated rings.